The summed E-state index contributed by atoms with van der Waals surface area (Å²) in [5.41, 5.74) is 4.42. The summed E-state index contributed by atoms with van der Waals surface area (Å²) in [7, 11) is 0. The van der Waals surface area contributed by atoms with E-state index in [4.69, 9.17) is 9.68 Å². The molecule has 0 aliphatic heterocycles. The van der Waals surface area contributed by atoms with Gasteiger partial charge in [0.1, 0.15) is 12.4 Å². The van der Waals surface area contributed by atoms with Crippen molar-refractivity contribution < 1.29 is 14.5 Å². The monoisotopic (exact) mass is 271 g/mol. The van der Waals surface area contributed by atoms with Gasteiger partial charge in [-0.2, -0.15) is 0 Å². The molecule has 0 radical (unpaired) electrons. The summed E-state index contributed by atoms with van der Waals surface area (Å²) in [6.45, 7) is 0.392. The molecule has 0 aromatic heterocycles. The van der Waals surface area contributed by atoms with Crippen molar-refractivity contribution in [1.29, 1.82) is 0 Å². The Balaban J connectivity index is 1.79. The highest BCUT2D eigenvalue weighted by Crippen LogP contribution is 2.18. The van der Waals surface area contributed by atoms with E-state index in [0.717, 1.165) is 17.4 Å². The van der Waals surface area contributed by atoms with Gasteiger partial charge in [-0.3, -0.25) is 9.68 Å². The van der Waals surface area contributed by atoms with Crippen LogP contribution < -0.4 is 5.64 Å². The molecule has 2 aromatic carbocycles. The molecule has 2 rings (SSSR count). The van der Waals surface area contributed by atoms with Crippen LogP contribution in [0.15, 0.2) is 60.7 Å². The van der Waals surface area contributed by atoms with Crippen molar-refractivity contribution in [3.8, 4) is 0 Å². The Kier molecular flexibility index (Phi) is 5.92. The molecule has 4 heteroatoms. The van der Waals surface area contributed by atoms with Gasteiger partial charge in [0.05, 0.1) is 6.61 Å². The SMILES string of the molecule is O=CCC(ONOCc1ccccc1)c1ccccc1. The second kappa shape index (κ2) is 8.22. The molecule has 4 nitrogen and oxygen atoms in total. The molecule has 1 atom stereocenters. The van der Waals surface area contributed by atoms with Crippen molar-refractivity contribution in [2.75, 3.05) is 0 Å². The lowest BCUT2D eigenvalue weighted by Gasteiger charge is -2.15. The van der Waals surface area contributed by atoms with Crippen LogP contribution >= 0.6 is 0 Å². The summed E-state index contributed by atoms with van der Waals surface area (Å²) in [5, 5.41) is 0. The lowest BCUT2D eigenvalue weighted by molar-refractivity contribution is -0.207. The number of aldehydes is 1. The van der Waals surface area contributed by atoms with Crippen molar-refractivity contribution in [3.05, 3.63) is 71.8 Å². The van der Waals surface area contributed by atoms with Crippen LogP contribution in [0.25, 0.3) is 0 Å². The Hall–Kier alpha value is -2.01. The third-order valence-electron chi connectivity index (χ3n) is 2.81. The molecule has 0 aliphatic carbocycles. The number of carbonyl (C=O) groups is 1. The first-order valence-corrected chi connectivity index (χ1v) is 6.45. The van der Waals surface area contributed by atoms with E-state index in [1.807, 2.05) is 60.7 Å². The molecule has 0 saturated carbocycles. The molecule has 0 aliphatic rings. The average molecular weight is 271 g/mol. The topological polar surface area (TPSA) is 47.6 Å². The third-order valence-corrected chi connectivity index (χ3v) is 2.81. The van der Waals surface area contributed by atoms with E-state index in [2.05, 4.69) is 5.64 Å². The van der Waals surface area contributed by atoms with Gasteiger partial charge >= 0.3 is 0 Å². The number of nitrogens with one attached hydrogen (secondary N) is 1. The molecular weight excluding hydrogens is 254 g/mol. The van der Waals surface area contributed by atoms with E-state index in [-0.39, 0.29) is 12.5 Å². The summed E-state index contributed by atoms with van der Waals surface area (Å²) in [6, 6.07) is 19.3. The molecule has 0 fully saturated rings. The van der Waals surface area contributed by atoms with Crippen LogP contribution in [0.4, 0.5) is 0 Å². The number of hydrogen-bond acceptors (Lipinski definition) is 4. The molecule has 0 saturated heterocycles. The molecular formula is C16H17NO3. The van der Waals surface area contributed by atoms with Crippen molar-refractivity contribution in [1.82, 2.24) is 5.64 Å². The minimum atomic E-state index is -0.357. The predicted molar refractivity (Wildman–Crippen MR) is 75.3 cm³/mol. The summed E-state index contributed by atoms with van der Waals surface area (Å²) in [4.78, 5) is 21.3. The van der Waals surface area contributed by atoms with Crippen LogP contribution in [0.2, 0.25) is 0 Å². The quantitative estimate of drug-likeness (QED) is 0.455. The molecule has 0 amide bonds. The average Bonchev–Trinajstić information content (AvgIpc) is 2.52. The van der Waals surface area contributed by atoms with Crippen LogP contribution in [0.3, 0.4) is 0 Å². The lowest BCUT2D eigenvalue weighted by Crippen LogP contribution is -2.19. The number of hydrogen-bond donors (Lipinski definition) is 1. The van der Waals surface area contributed by atoms with Gasteiger partial charge < -0.3 is 4.79 Å². The van der Waals surface area contributed by atoms with Crippen LogP contribution in [0.5, 0.6) is 0 Å². The summed E-state index contributed by atoms with van der Waals surface area (Å²) >= 11 is 0. The van der Waals surface area contributed by atoms with Gasteiger partial charge in [-0.1, -0.05) is 66.3 Å². The molecule has 1 N–H and O–H groups in total. The van der Waals surface area contributed by atoms with E-state index in [9.17, 15) is 4.79 Å². The first kappa shape index (κ1) is 14.4. The van der Waals surface area contributed by atoms with Gasteiger partial charge in [-0.05, 0) is 11.1 Å². The first-order chi connectivity index (χ1) is 9.90. The van der Waals surface area contributed by atoms with Gasteiger partial charge in [0.25, 0.3) is 0 Å². The third kappa shape index (κ3) is 4.59. The normalized spacial score (nSPS) is 12.0. The van der Waals surface area contributed by atoms with Crippen LogP contribution in [0, 0.1) is 0 Å². The highest BCUT2D eigenvalue weighted by Gasteiger charge is 2.11. The summed E-state index contributed by atoms with van der Waals surface area (Å²) < 4.78 is 0. The van der Waals surface area contributed by atoms with E-state index in [1.165, 1.54) is 0 Å². The van der Waals surface area contributed by atoms with Crippen molar-refractivity contribution in [2.24, 2.45) is 0 Å². The van der Waals surface area contributed by atoms with E-state index in [0.29, 0.717) is 6.61 Å². The Morgan fingerprint density at radius 2 is 1.65 bits per heavy atom. The largest absolute Gasteiger partial charge is 0.303 e. The zero-order chi connectivity index (χ0) is 14.0. The Bertz CT molecular complexity index is 502. The van der Waals surface area contributed by atoms with Gasteiger partial charge in [0.2, 0.25) is 0 Å². The molecule has 104 valence electrons. The second-order valence-corrected chi connectivity index (χ2v) is 4.28. The van der Waals surface area contributed by atoms with Crippen molar-refractivity contribution >= 4 is 6.29 Å². The second-order valence-electron chi connectivity index (χ2n) is 4.28. The Morgan fingerprint density at radius 3 is 2.30 bits per heavy atom. The molecule has 20 heavy (non-hydrogen) atoms. The standard InChI is InChI=1S/C16H17NO3/c18-12-11-16(15-9-5-2-6-10-15)20-17-19-13-14-7-3-1-4-8-14/h1-10,12,16-17H,11,13H2. The maximum Gasteiger partial charge on any atom is 0.123 e. The van der Waals surface area contributed by atoms with E-state index >= 15 is 0 Å². The fourth-order valence-corrected chi connectivity index (χ4v) is 1.79. The van der Waals surface area contributed by atoms with E-state index < -0.39 is 0 Å². The predicted octanol–water partition coefficient (Wildman–Crippen LogP) is 2.97. The summed E-state index contributed by atoms with van der Waals surface area (Å²) in [5.74, 6) is 0. The van der Waals surface area contributed by atoms with Gasteiger partial charge in [-0.25, -0.2) is 0 Å². The Morgan fingerprint density at radius 1 is 1.00 bits per heavy atom. The molecule has 0 heterocycles. The number of carbonyl (C=O) groups excluding carboxylic acids is 1. The van der Waals surface area contributed by atoms with Crippen molar-refractivity contribution in [3.63, 3.8) is 0 Å². The number of benzene rings is 2. The first-order valence-electron chi connectivity index (χ1n) is 6.45. The minimum absolute atomic E-state index is 0.270. The minimum Gasteiger partial charge on any atom is -0.303 e. The fourth-order valence-electron chi connectivity index (χ4n) is 1.79. The van der Waals surface area contributed by atoms with Gasteiger partial charge in [0, 0.05) is 6.42 Å². The zero-order valence-electron chi connectivity index (χ0n) is 11.1. The van der Waals surface area contributed by atoms with Crippen LogP contribution in [-0.4, -0.2) is 6.29 Å². The van der Waals surface area contributed by atoms with E-state index in [1.54, 1.807) is 0 Å². The molecule has 1 unspecified atom stereocenters. The van der Waals surface area contributed by atoms with Crippen LogP contribution in [0.1, 0.15) is 23.7 Å². The highest BCUT2D eigenvalue weighted by atomic mass is 16.9. The van der Waals surface area contributed by atoms with Crippen LogP contribution in [-0.2, 0) is 21.1 Å². The van der Waals surface area contributed by atoms with Crippen molar-refractivity contribution in [2.45, 2.75) is 19.1 Å². The molecule has 0 spiro atoms. The summed E-state index contributed by atoms with van der Waals surface area (Å²) in [6.07, 6.45) is 0.742. The Labute approximate surface area is 118 Å². The molecule has 2 aromatic rings. The maximum atomic E-state index is 10.7. The van der Waals surface area contributed by atoms with Gasteiger partial charge in [0.15, 0.2) is 0 Å². The highest BCUT2D eigenvalue weighted by molar-refractivity contribution is 5.51. The zero-order valence-corrected chi connectivity index (χ0v) is 11.1. The number of rotatable bonds is 8. The smallest absolute Gasteiger partial charge is 0.123 e. The lowest BCUT2D eigenvalue weighted by atomic mass is 10.1. The van der Waals surface area contributed by atoms with Gasteiger partial charge in [-0.15, -0.1) is 0 Å². The molecule has 0 bridgehead atoms. The maximum absolute atomic E-state index is 10.7. The fraction of sp³-hybridized carbons (Fsp3) is 0.188.